The highest BCUT2D eigenvalue weighted by atomic mass is 16.1. The van der Waals surface area contributed by atoms with E-state index in [-0.39, 0.29) is 5.78 Å². The fourth-order valence-electron chi connectivity index (χ4n) is 2.70. The summed E-state index contributed by atoms with van der Waals surface area (Å²) in [5.74, 6) is 0.227. The van der Waals surface area contributed by atoms with E-state index in [1.165, 1.54) is 0 Å². The van der Waals surface area contributed by atoms with Gasteiger partial charge in [0.1, 0.15) is 0 Å². The Kier molecular flexibility index (Phi) is 2.00. The first-order chi connectivity index (χ1) is 7.31. The van der Waals surface area contributed by atoms with E-state index in [0.29, 0.717) is 5.56 Å². The van der Waals surface area contributed by atoms with Gasteiger partial charge in [-0.25, -0.2) is 0 Å². The molecule has 0 N–H and O–H groups in total. The van der Waals surface area contributed by atoms with Crippen LogP contribution >= 0.6 is 0 Å². The van der Waals surface area contributed by atoms with Crippen molar-refractivity contribution in [3.63, 3.8) is 0 Å². The highest BCUT2D eigenvalue weighted by Crippen LogP contribution is 2.46. The van der Waals surface area contributed by atoms with Crippen LogP contribution in [-0.2, 0) is 15.6 Å². The quantitative estimate of drug-likeness (QED) is 0.664. The summed E-state index contributed by atoms with van der Waals surface area (Å²) in [6.07, 6.45) is 0. The van der Waals surface area contributed by atoms with Crippen LogP contribution in [0, 0.1) is 11.3 Å². The largest absolute Gasteiger partial charge is 0.298 e. The smallest absolute Gasteiger partial charge is 0.152 e. The van der Waals surface area contributed by atoms with Crippen molar-refractivity contribution in [1.82, 2.24) is 0 Å². The zero-order valence-corrected chi connectivity index (χ0v) is 10.1. The lowest BCUT2D eigenvalue weighted by atomic mass is 9.80. The van der Waals surface area contributed by atoms with Gasteiger partial charge in [0.2, 0.25) is 0 Å². The molecule has 0 aliphatic heterocycles. The van der Waals surface area contributed by atoms with Crippen LogP contribution in [0.25, 0.3) is 0 Å². The maximum Gasteiger partial charge on any atom is 0.152 e. The topological polar surface area (TPSA) is 40.9 Å². The number of ketones is 1. The van der Waals surface area contributed by atoms with Crippen molar-refractivity contribution >= 4 is 5.78 Å². The Labute approximate surface area is 95.9 Å². The Morgan fingerprint density at radius 1 is 1.06 bits per heavy atom. The Bertz CT molecular complexity index is 518. The van der Waals surface area contributed by atoms with Gasteiger partial charge in [-0.3, -0.25) is 4.79 Å². The standard InChI is InChI=1S/C14H15NO/c1-13(2)10-6-5-9(8-15)7-11(10)14(3,4)12(13)16/h5-7H,1-4H3. The molecule has 82 valence electrons. The van der Waals surface area contributed by atoms with Gasteiger partial charge in [-0.2, -0.15) is 5.26 Å². The minimum absolute atomic E-state index is 0.227. The van der Waals surface area contributed by atoms with Gasteiger partial charge in [-0.15, -0.1) is 0 Å². The van der Waals surface area contributed by atoms with Gasteiger partial charge in [0.05, 0.1) is 11.6 Å². The summed E-state index contributed by atoms with van der Waals surface area (Å²) in [7, 11) is 0. The highest BCUT2D eigenvalue weighted by Gasteiger charge is 2.50. The summed E-state index contributed by atoms with van der Waals surface area (Å²) in [6, 6.07) is 7.68. The molecule has 2 heteroatoms. The van der Waals surface area contributed by atoms with Crippen LogP contribution in [0.15, 0.2) is 18.2 Å². The molecule has 16 heavy (non-hydrogen) atoms. The molecule has 0 aromatic heterocycles. The molecule has 2 nitrogen and oxygen atoms in total. The maximum atomic E-state index is 12.3. The molecule has 0 fully saturated rings. The Morgan fingerprint density at radius 3 is 2.19 bits per heavy atom. The third kappa shape index (κ3) is 1.15. The van der Waals surface area contributed by atoms with Crippen LogP contribution < -0.4 is 0 Å². The zero-order chi connectivity index (χ0) is 12.1. The van der Waals surface area contributed by atoms with Crippen LogP contribution in [-0.4, -0.2) is 5.78 Å². The molecule has 0 saturated heterocycles. The second-order valence-electron chi connectivity index (χ2n) is 5.45. The number of rotatable bonds is 0. The molecule has 0 heterocycles. The number of hydrogen-bond acceptors (Lipinski definition) is 2. The van der Waals surface area contributed by atoms with Crippen molar-refractivity contribution in [2.75, 3.05) is 0 Å². The van der Waals surface area contributed by atoms with E-state index in [4.69, 9.17) is 5.26 Å². The molecule has 0 amide bonds. The monoisotopic (exact) mass is 213 g/mol. The Balaban J connectivity index is 2.77. The van der Waals surface area contributed by atoms with E-state index in [9.17, 15) is 4.79 Å². The highest BCUT2D eigenvalue weighted by molar-refractivity contribution is 6.02. The van der Waals surface area contributed by atoms with Crippen molar-refractivity contribution in [2.24, 2.45) is 0 Å². The summed E-state index contributed by atoms with van der Waals surface area (Å²) in [6.45, 7) is 7.78. The average Bonchev–Trinajstić information content (AvgIpc) is 2.38. The first-order valence-corrected chi connectivity index (χ1v) is 5.42. The van der Waals surface area contributed by atoms with Crippen LogP contribution in [0.4, 0.5) is 0 Å². The molecule has 2 rings (SSSR count). The fraction of sp³-hybridized carbons (Fsp3) is 0.429. The van der Waals surface area contributed by atoms with E-state index in [2.05, 4.69) is 6.07 Å². The van der Waals surface area contributed by atoms with Crippen LogP contribution in [0.3, 0.4) is 0 Å². The first-order valence-electron chi connectivity index (χ1n) is 5.42. The summed E-state index contributed by atoms with van der Waals surface area (Å²) < 4.78 is 0. The van der Waals surface area contributed by atoms with Crippen molar-refractivity contribution < 1.29 is 4.79 Å². The van der Waals surface area contributed by atoms with Gasteiger partial charge < -0.3 is 0 Å². The predicted molar refractivity (Wildman–Crippen MR) is 62.2 cm³/mol. The summed E-state index contributed by atoms with van der Waals surface area (Å²) in [5, 5.41) is 8.90. The zero-order valence-electron chi connectivity index (χ0n) is 10.1. The van der Waals surface area contributed by atoms with Gasteiger partial charge in [0.25, 0.3) is 0 Å². The van der Waals surface area contributed by atoms with E-state index in [0.717, 1.165) is 11.1 Å². The van der Waals surface area contributed by atoms with E-state index < -0.39 is 10.8 Å². The van der Waals surface area contributed by atoms with Gasteiger partial charge in [-0.05, 0) is 51.0 Å². The third-order valence-corrected chi connectivity index (χ3v) is 3.63. The number of nitrogens with zero attached hydrogens (tertiary/aromatic N) is 1. The second kappa shape index (κ2) is 2.95. The first kappa shape index (κ1) is 10.9. The molecule has 0 unspecified atom stereocenters. The van der Waals surface area contributed by atoms with Crippen molar-refractivity contribution in [1.29, 1.82) is 5.26 Å². The van der Waals surface area contributed by atoms with E-state index in [1.54, 1.807) is 6.07 Å². The van der Waals surface area contributed by atoms with Crippen LogP contribution in [0.2, 0.25) is 0 Å². The molecule has 0 saturated carbocycles. The molecule has 0 spiro atoms. The number of benzene rings is 1. The number of nitriles is 1. The summed E-state index contributed by atoms with van der Waals surface area (Å²) in [4.78, 5) is 12.3. The van der Waals surface area contributed by atoms with E-state index in [1.807, 2.05) is 39.8 Å². The molecular formula is C14H15NO. The minimum atomic E-state index is -0.480. The van der Waals surface area contributed by atoms with Crippen molar-refractivity contribution in [2.45, 2.75) is 38.5 Å². The van der Waals surface area contributed by atoms with Crippen molar-refractivity contribution in [3.8, 4) is 6.07 Å². The normalized spacial score (nSPS) is 20.3. The average molecular weight is 213 g/mol. The third-order valence-electron chi connectivity index (χ3n) is 3.63. The molecule has 1 aromatic rings. The lowest BCUT2D eigenvalue weighted by molar-refractivity contribution is -0.126. The fourth-order valence-corrected chi connectivity index (χ4v) is 2.70. The Morgan fingerprint density at radius 2 is 1.62 bits per heavy atom. The summed E-state index contributed by atoms with van der Waals surface area (Å²) >= 11 is 0. The number of hydrogen-bond donors (Lipinski definition) is 0. The van der Waals surface area contributed by atoms with Gasteiger partial charge in [-0.1, -0.05) is 6.07 Å². The minimum Gasteiger partial charge on any atom is -0.298 e. The Hall–Kier alpha value is -1.62. The van der Waals surface area contributed by atoms with Gasteiger partial charge in [0.15, 0.2) is 5.78 Å². The lowest BCUT2D eigenvalue weighted by Crippen LogP contribution is -2.33. The van der Waals surface area contributed by atoms with Crippen molar-refractivity contribution in [3.05, 3.63) is 34.9 Å². The number of carbonyl (C=O) groups excluding carboxylic acids is 1. The lowest BCUT2D eigenvalue weighted by Gasteiger charge is -2.21. The predicted octanol–water partition coefficient (Wildman–Crippen LogP) is 2.70. The van der Waals surface area contributed by atoms with E-state index >= 15 is 0 Å². The maximum absolute atomic E-state index is 12.3. The second-order valence-corrected chi connectivity index (χ2v) is 5.45. The van der Waals surface area contributed by atoms with Gasteiger partial charge in [0, 0.05) is 10.8 Å². The number of fused-ring (bicyclic) bond motifs is 1. The number of carbonyl (C=O) groups is 1. The van der Waals surface area contributed by atoms with Gasteiger partial charge >= 0.3 is 0 Å². The summed E-state index contributed by atoms with van der Waals surface area (Å²) in [5.41, 5.74) is 1.76. The molecule has 1 aromatic carbocycles. The molecule has 0 radical (unpaired) electrons. The SMILES string of the molecule is CC1(C)C(=O)C(C)(C)c2cc(C#N)ccc21. The number of Topliss-reactive ketones (excluding diaryl/α,β-unsaturated/α-hetero) is 1. The van der Waals surface area contributed by atoms with Crippen LogP contribution in [0.1, 0.15) is 44.4 Å². The molecule has 0 bridgehead atoms. The molecule has 1 aliphatic carbocycles. The molecule has 1 aliphatic rings. The molecular weight excluding hydrogens is 198 g/mol. The van der Waals surface area contributed by atoms with Crippen LogP contribution in [0.5, 0.6) is 0 Å². The molecule has 0 atom stereocenters.